The van der Waals surface area contributed by atoms with Crippen molar-refractivity contribution < 1.29 is 19.8 Å². The number of carboxylic acid groups (broad SMARTS) is 1. The highest BCUT2D eigenvalue weighted by Crippen LogP contribution is 2.43. The number of thioether (sulfide) groups is 1. The zero-order valence-corrected chi connectivity index (χ0v) is 17.1. The number of phenols is 1. The van der Waals surface area contributed by atoms with Crippen molar-refractivity contribution >= 4 is 51.9 Å². The van der Waals surface area contributed by atoms with E-state index in [9.17, 15) is 14.7 Å². The summed E-state index contributed by atoms with van der Waals surface area (Å²) in [6.07, 6.45) is 6.05. The van der Waals surface area contributed by atoms with Crippen LogP contribution < -0.4 is 4.90 Å². The lowest BCUT2D eigenvalue weighted by Gasteiger charge is -2.37. The highest BCUT2D eigenvalue weighted by Gasteiger charge is 2.33. The summed E-state index contributed by atoms with van der Waals surface area (Å²) in [6, 6.07) is 2.00. The van der Waals surface area contributed by atoms with Crippen LogP contribution in [0, 0.1) is 0 Å². The normalized spacial score (nSPS) is 20.1. The Bertz CT molecular complexity index is 895. The average Bonchev–Trinajstić information content (AvgIpc) is 2.93. The third-order valence-corrected chi connectivity index (χ3v) is 6.83. The standard InChI is InChI=1S/C20H22N2O4S2/c23-16(24)6-3-9-22-19(26)15(28-20(22)27)11-13-10-12-4-1-7-21-8-2-5-14(17(12)21)18(13)25/h10-11,25H,1-9H2,(H,23,24)/b15-11+. The van der Waals surface area contributed by atoms with Crippen LogP contribution in [0.5, 0.6) is 5.75 Å². The Labute approximate surface area is 173 Å². The smallest absolute Gasteiger partial charge is 0.303 e. The van der Waals surface area contributed by atoms with Crippen LogP contribution in [0.4, 0.5) is 5.69 Å². The van der Waals surface area contributed by atoms with Crippen molar-refractivity contribution in [3.05, 3.63) is 27.7 Å². The fourth-order valence-corrected chi connectivity index (χ4v) is 5.50. The maximum Gasteiger partial charge on any atom is 0.303 e. The van der Waals surface area contributed by atoms with Crippen molar-refractivity contribution in [2.45, 2.75) is 38.5 Å². The zero-order chi connectivity index (χ0) is 19.8. The molecule has 0 aliphatic carbocycles. The third-order valence-electron chi connectivity index (χ3n) is 5.46. The van der Waals surface area contributed by atoms with E-state index in [1.807, 2.05) is 6.07 Å². The molecule has 2 N–H and O–H groups in total. The molecule has 0 aromatic heterocycles. The number of carbonyl (C=O) groups excluding carboxylic acids is 1. The maximum absolute atomic E-state index is 12.7. The molecule has 28 heavy (non-hydrogen) atoms. The Hall–Kier alpha value is -2.06. The Kier molecular flexibility index (Phi) is 5.33. The number of rotatable bonds is 5. The van der Waals surface area contributed by atoms with Crippen molar-refractivity contribution in [2.24, 2.45) is 0 Å². The van der Waals surface area contributed by atoms with Gasteiger partial charge in [0.2, 0.25) is 0 Å². The van der Waals surface area contributed by atoms with Gasteiger partial charge in [-0.25, -0.2) is 0 Å². The molecule has 1 aromatic carbocycles. The molecule has 3 aliphatic heterocycles. The van der Waals surface area contributed by atoms with Crippen molar-refractivity contribution in [2.75, 3.05) is 24.5 Å². The average molecular weight is 419 g/mol. The van der Waals surface area contributed by atoms with Crippen LogP contribution in [0.2, 0.25) is 0 Å². The number of nitrogens with zero attached hydrogens (tertiary/aromatic N) is 2. The second kappa shape index (κ2) is 7.75. The molecule has 1 aromatic rings. The minimum atomic E-state index is -0.886. The molecule has 0 atom stereocenters. The second-order valence-electron chi connectivity index (χ2n) is 7.33. The number of aromatic hydroxyl groups is 1. The molecule has 0 spiro atoms. The molecular weight excluding hydrogens is 396 g/mol. The van der Waals surface area contributed by atoms with Gasteiger partial charge in [0.05, 0.1) is 4.91 Å². The van der Waals surface area contributed by atoms with Gasteiger partial charge in [0.1, 0.15) is 10.1 Å². The van der Waals surface area contributed by atoms with Gasteiger partial charge < -0.3 is 15.1 Å². The molecular formula is C20H22N2O4S2. The van der Waals surface area contributed by atoms with Gasteiger partial charge in [0.25, 0.3) is 5.91 Å². The largest absolute Gasteiger partial charge is 0.507 e. The Morgan fingerprint density at radius 2 is 2.04 bits per heavy atom. The van der Waals surface area contributed by atoms with Gasteiger partial charge in [0.15, 0.2) is 0 Å². The van der Waals surface area contributed by atoms with Crippen LogP contribution in [-0.2, 0) is 22.4 Å². The molecule has 1 fully saturated rings. The zero-order valence-electron chi connectivity index (χ0n) is 15.4. The van der Waals surface area contributed by atoms with Gasteiger partial charge in [-0.3, -0.25) is 14.5 Å². The fourth-order valence-electron chi connectivity index (χ4n) is 4.20. The first-order valence-corrected chi connectivity index (χ1v) is 10.8. The van der Waals surface area contributed by atoms with E-state index in [0.717, 1.165) is 44.3 Å². The first kappa shape index (κ1) is 19.3. The van der Waals surface area contributed by atoms with Crippen LogP contribution >= 0.6 is 24.0 Å². The molecule has 1 amide bonds. The van der Waals surface area contributed by atoms with Crippen LogP contribution in [0.1, 0.15) is 42.4 Å². The summed E-state index contributed by atoms with van der Waals surface area (Å²) in [4.78, 5) is 27.7. The predicted octanol–water partition coefficient (Wildman–Crippen LogP) is 3.16. The van der Waals surface area contributed by atoms with E-state index < -0.39 is 5.97 Å². The number of thiocarbonyl (C=S) groups is 1. The molecule has 0 saturated carbocycles. The van der Waals surface area contributed by atoms with Gasteiger partial charge in [-0.05, 0) is 49.8 Å². The molecule has 3 heterocycles. The quantitative estimate of drug-likeness (QED) is 0.561. The van der Waals surface area contributed by atoms with E-state index in [2.05, 4.69) is 4.90 Å². The molecule has 1 saturated heterocycles. The first-order chi connectivity index (χ1) is 13.5. The fraction of sp³-hybridized carbons (Fsp3) is 0.450. The number of carboxylic acids is 1. The molecule has 0 bridgehead atoms. The summed E-state index contributed by atoms with van der Waals surface area (Å²) in [5, 5.41) is 19.7. The topological polar surface area (TPSA) is 81.1 Å². The predicted molar refractivity (Wildman–Crippen MR) is 114 cm³/mol. The second-order valence-corrected chi connectivity index (χ2v) is 9.00. The number of amides is 1. The molecule has 4 rings (SSSR count). The molecule has 148 valence electrons. The van der Waals surface area contributed by atoms with Crippen LogP contribution in [0.25, 0.3) is 6.08 Å². The Balaban J connectivity index is 1.62. The van der Waals surface area contributed by atoms with Gasteiger partial charge in [-0.15, -0.1) is 0 Å². The van der Waals surface area contributed by atoms with Gasteiger partial charge in [0, 0.05) is 42.9 Å². The van der Waals surface area contributed by atoms with Crippen molar-refractivity contribution in [1.82, 2.24) is 4.90 Å². The molecule has 0 radical (unpaired) electrons. The molecule has 0 unspecified atom stereocenters. The Morgan fingerprint density at radius 1 is 1.29 bits per heavy atom. The summed E-state index contributed by atoms with van der Waals surface area (Å²) in [5.41, 5.74) is 4.09. The lowest BCUT2D eigenvalue weighted by atomic mass is 9.89. The summed E-state index contributed by atoms with van der Waals surface area (Å²) >= 11 is 6.51. The van der Waals surface area contributed by atoms with E-state index in [0.29, 0.717) is 27.8 Å². The lowest BCUT2D eigenvalue weighted by Crippen LogP contribution is -2.34. The molecule has 8 heteroatoms. The summed E-state index contributed by atoms with van der Waals surface area (Å²) < 4.78 is 0.437. The number of phenolic OH excluding ortho intramolecular Hbond substituents is 1. The molecule has 3 aliphatic rings. The third kappa shape index (κ3) is 3.51. The Morgan fingerprint density at radius 3 is 2.79 bits per heavy atom. The van der Waals surface area contributed by atoms with E-state index >= 15 is 0 Å². The minimum absolute atomic E-state index is 0.00157. The number of anilines is 1. The number of carbonyl (C=O) groups is 2. The monoisotopic (exact) mass is 418 g/mol. The minimum Gasteiger partial charge on any atom is -0.507 e. The number of hydrogen-bond donors (Lipinski definition) is 2. The van der Waals surface area contributed by atoms with Crippen molar-refractivity contribution in [3.63, 3.8) is 0 Å². The van der Waals surface area contributed by atoms with E-state index in [1.54, 1.807) is 6.08 Å². The van der Waals surface area contributed by atoms with E-state index in [4.69, 9.17) is 17.3 Å². The first-order valence-electron chi connectivity index (χ1n) is 9.55. The van der Waals surface area contributed by atoms with E-state index in [-0.39, 0.29) is 18.1 Å². The summed E-state index contributed by atoms with van der Waals surface area (Å²) in [5.74, 6) is -0.836. The van der Waals surface area contributed by atoms with Crippen LogP contribution in [0.3, 0.4) is 0 Å². The van der Waals surface area contributed by atoms with Gasteiger partial charge >= 0.3 is 5.97 Å². The number of aliphatic carboxylic acids is 1. The summed E-state index contributed by atoms with van der Waals surface area (Å²) in [6.45, 7) is 2.37. The molecule has 6 nitrogen and oxygen atoms in total. The lowest BCUT2D eigenvalue weighted by molar-refractivity contribution is -0.137. The maximum atomic E-state index is 12.7. The van der Waals surface area contributed by atoms with Gasteiger partial charge in [-0.1, -0.05) is 24.0 Å². The van der Waals surface area contributed by atoms with Gasteiger partial charge in [-0.2, -0.15) is 0 Å². The highest BCUT2D eigenvalue weighted by atomic mass is 32.2. The van der Waals surface area contributed by atoms with Crippen molar-refractivity contribution in [1.29, 1.82) is 0 Å². The van der Waals surface area contributed by atoms with Crippen LogP contribution in [0.15, 0.2) is 11.0 Å². The number of hydrogen-bond acceptors (Lipinski definition) is 6. The van der Waals surface area contributed by atoms with Crippen molar-refractivity contribution in [3.8, 4) is 5.75 Å². The number of aryl methyl sites for hydroxylation is 1. The SMILES string of the molecule is O=C(O)CCCN1C(=O)/C(=C\c2cc3c4c(c2O)CCCN4CCC3)SC1=S. The van der Waals surface area contributed by atoms with Crippen LogP contribution in [-0.4, -0.2) is 50.9 Å². The highest BCUT2D eigenvalue weighted by molar-refractivity contribution is 8.26. The number of benzene rings is 1. The van der Waals surface area contributed by atoms with E-state index in [1.165, 1.54) is 27.9 Å². The summed E-state index contributed by atoms with van der Waals surface area (Å²) in [7, 11) is 0.